The Morgan fingerprint density at radius 1 is 1.22 bits per heavy atom. The van der Waals surface area contributed by atoms with E-state index in [1.54, 1.807) is 0 Å². The molecule has 3 atom stereocenters. The van der Waals surface area contributed by atoms with Crippen molar-refractivity contribution >= 4 is 0 Å². The Balaban J connectivity index is 2.81. The lowest BCUT2D eigenvalue weighted by molar-refractivity contribution is 0.0886. The number of nitrogens with two attached hydrogens (primary N) is 1. The standard InChI is InChI=1S/C15H25NO2/c1-4-11(3)15(17)14(10-16)12-6-8-13(9-7-12)18-5-2/h6-9,11,14-15,17H,4-5,10,16H2,1-3H3. The van der Waals surface area contributed by atoms with Crippen molar-refractivity contribution in [3.8, 4) is 5.75 Å². The van der Waals surface area contributed by atoms with Crippen LogP contribution in [0.3, 0.4) is 0 Å². The van der Waals surface area contributed by atoms with Crippen molar-refractivity contribution in [1.82, 2.24) is 0 Å². The first-order valence-electron chi connectivity index (χ1n) is 6.74. The van der Waals surface area contributed by atoms with Crippen molar-refractivity contribution < 1.29 is 9.84 Å². The monoisotopic (exact) mass is 251 g/mol. The Morgan fingerprint density at radius 3 is 2.28 bits per heavy atom. The molecule has 3 N–H and O–H groups in total. The summed E-state index contributed by atoms with van der Waals surface area (Å²) in [5.74, 6) is 1.11. The number of aliphatic hydroxyl groups is 1. The molecule has 0 spiro atoms. The minimum Gasteiger partial charge on any atom is -0.494 e. The fraction of sp³-hybridized carbons (Fsp3) is 0.600. The average molecular weight is 251 g/mol. The molecule has 102 valence electrons. The molecule has 3 unspecified atom stereocenters. The van der Waals surface area contributed by atoms with E-state index in [-0.39, 0.29) is 11.8 Å². The van der Waals surface area contributed by atoms with Crippen LogP contribution in [0.4, 0.5) is 0 Å². The molecule has 0 saturated heterocycles. The van der Waals surface area contributed by atoms with Gasteiger partial charge < -0.3 is 15.6 Å². The Morgan fingerprint density at radius 2 is 1.83 bits per heavy atom. The summed E-state index contributed by atoms with van der Waals surface area (Å²) >= 11 is 0. The van der Waals surface area contributed by atoms with Gasteiger partial charge in [0.25, 0.3) is 0 Å². The summed E-state index contributed by atoms with van der Waals surface area (Å²) in [4.78, 5) is 0. The molecule has 0 aromatic heterocycles. The van der Waals surface area contributed by atoms with Gasteiger partial charge in [0.05, 0.1) is 12.7 Å². The van der Waals surface area contributed by atoms with E-state index in [2.05, 4.69) is 13.8 Å². The highest BCUT2D eigenvalue weighted by Gasteiger charge is 2.24. The van der Waals surface area contributed by atoms with E-state index in [0.717, 1.165) is 17.7 Å². The van der Waals surface area contributed by atoms with E-state index < -0.39 is 6.10 Å². The van der Waals surface area contributed by atoms with E-state index in [4.69, 9.17) is 10.5 Å². The third-order valence-corrected chi connectivity index (χ3v) is 3.51. The molecule has 0 saturated carbocycles. The molecule has 3 nitrogen and oxygen atoms in total. The second kappa shape index (κ2) is 7.39. The fourth-order valence-corrected chi connectivity index (χ4v) is 2.09. The number of hydrogen-bond acceptors (Lipinski definition) is 3. The lowest BCUT2D eigenvalue weighted by Gasteiger charge is -2.26. The highest BCUT2D eigenvalue weighted by atomic mass is 16.5. The van der Waals surface area contributed by atoms with Crippen LogP contribution in [0.25, 0.3) is 0 Å². The SMILES string of the molecule is CCOc1ccc(C(CN)C(O)C(C)CC)cc1. The first kappa shape index (κ1) is 15.0. The molecule has 0 amide bonds. The summed E-state index contributed by atoms with van der Waals surface area (Å²) in [5.41, 5.74) is 6.88. The predicted octanol–water partition coefficient (Wildman–Crippen LogP) is 2.53. The van der Waals surface area contributed by atoms with Gasteiger partial charge in [0, 0.05) is 12.5 Å². The summed E-state index contributed by atoms with van der Waals surface area (Å²) < 4.78 is 5.41. The van der Waals surface area contributed by atoms with Gasteiger partial charge in [0.2, 0.25) is 0 Å². The zero-order valence-corrected chi connectivity index (χ0v) is 11.6. The summed E-state index contributed by atoms with van der Waals surface area (Å²) in [6, 6.07) is 7.86. The van der Waals surface area contributed by atoms with Crippen molar-refractivity contribution in [2.45, 2.75) is 39.2 Å². The first-order chi connectivity index (χ1) is 8.63. The van der Waals surface area contributed by atoms with Crippen LogP contribution < -0.4 is 10.5 Å². The van der Waals surface area contributed by atoms with Crippen LogP contribution >= 0.6 is 0 Å². The van der Waals surface area contributed by atoms with Crippen LogP contribution in [0.5, 0.6) is 5.75 Å². The Labute approximate surface area is 110 Å². The van der Waals surface area contributed by atoms with Crippen LogP contribution in [0.2, 0.25) is 0 Å². The van der Waals surface area contributed by atoms with Crippen molar-refractivity contribution in [3.05, 3.63) is 29.8 Å². The minimum atomic E-state index is -0.391. The molecule has 1 aromatic carbocycles. The number of benzene rings is 1. The number of hydrogen-bond donors (Lipinski definition) is 2. The smallest absolute Gasteiger partial charge is 0.119 e. The van der Waals surface area contributed by atoms with Crippen LogP contribution in [0.1, 0.15) is 38.7 Å². The maximum atomic E-state index is 10.3. The summed E-state index contributed by atoms with van der Waals surface area (Å²) in [7, 11) is 0. The predicted molar refractivity (Wildman–Crippen MR) is 74.9 cm³/mol. The van der Waals surface area contributed by atoms with Crippen LogP contribution in [0, 0.1) is 5.92 Å². The summed E-state index contributed by atoms with van der Waals surface area (Å²) in [5, 5.41) is 10.3. The van der Waals surface area contributed by atoms with E-state index in [1.807, 2.05) is 31.2 Å². The van der Waals surface area contributed by atoms with Crippen molar-refractivity contribution in [2.24, 2.45) is 11.7 Å². The Hall–Kier alpha value is -1.06. The minimum absolute atomic E-state index is 0.00405. The second-order valence-electron chi connectivity index (χ2n) is 4.72. The summed E-state index contributed by atoms with van der Waals surface area (Å²) in [6.07, 6.45) is 0.562. The molecule has 0 aliphatic rings. The second-order valence-corrected chi connectivity index (χ2v) is 4.72. The van der Waals surface area contributed by atoms with Crippen LogP contribution in [-0.4, -0.2) is 24.4 Å². The molecular formula is C15H25NO2. The normalized spacial score (nSPS) is 16.1. The van der Waals surface area contributed by atoms with Gasteiger partial charge in [-0.05, 0) is 30.5 Å². The van der Waals surface area contributed by atoms with Gasteiger partial charge >= 0.3 is 0 Å². The van der Waals surface area contributed by atoms with Gasteiger partial charge in [-0.15, -0.1) is 0 Å². The zero-order chi connectivity index (χ0) is 13.5. The molecule has 0 bridgehead atoms. The lowest BCUT2D eigenvalue weighted by Crippen LogP contribution is -2.30. The fourth-order valence-electron chi connectivity index (χ4n) is 2.09. The molecule has 1 aromatic rings. The topological polar surface area (TPSA) is 55.5 Å². The van der Waals surface area contributed by atoms with Gasteiger partial charge in [-0.25, -0.2) is 0 Å². The zero-order valence-electron chi connectivity index (χ0n) is 11.6. The van der Waals surface area contributed by atoms with Crippen molar-refractivity contribution in [3.63, 3.8) is 0 Å². The van der Waals surface area contributed by atoms with Crippen molar-refractivity contribution in [2.75, 3.05) is 13.2 Å². The first-order valence-corrected chi connectivity index (χ1v) is 6.74. The molecule has 18 heavy (non-hydrogen) atoms. The Bertz CT molecular complexity index is 337. The van der Waals surface area contributed by atoms with Crippen LogP contribution in [0.15, 0.2) is 24.3 Å². The van der Waals surface area contributed by atoms with Gasteiger partial charge in [0.15, 0.2) is 0 Å². The Kier molecular flexibility index (Phi) is 6.16. The summed E-state index contributed by atoms with van der Waals surface area (Å²) in [6.45, 7) is 7.22. The van der Waals surface area contributed by atoms with Crippen molar-refractivity contribution in [1.29, 1.82) is 0 Å². The van der Waals surface area contributed by atoms with Crippen LogP contribution in [-0.2, 0) is 0 Å². The molecule has 1 rings (SSSR count). The largest absolute Gasteiger partial charge is 0.494 e. The van der Waals surface area contributed by atoms with E-state index in [1.165, 1.54) is 0 Å². The molecule has 0 aliphatic heterocycles. The van der Waals surface area contributed by atoms with E-state index in [9.17, 15) is 5.11 Å². The van der Waals surface area contributed by atoms with Gasteiger partial charge in [-0.1, -0.05) is 32.4 Å². The van der Waals surface area contributed by atoms with Gasteiger partial charge in [-0.3, -0.25) is 0 Å². The molecule has 0 radical (unpaired) electrons. The number of ether oxygens (including phenoxy) is 1. The maximum absolute atomic E-state index is 10.3. The highest BCUT2D eigenvalue weighted by molar-refractivity contribution is 5.30. The molecule has 3 heteroatoms. The van der Waals surface area contributed by atoms with Gasteiger partial charge in [-0.2, -0.15) is 0 Å². The third-order valence-electron chi connectivity index (χ3n) is 3.51. The molecule has 0 fully saturated rings. The quantitative estimate of drug-likeness (QED) is 0.783. The average Bonchev–Trinajstić information content (AvgIpc) is 2.40. The molecule has 0 aliphatic carbocycles. The van der Waals surface area contributed by atoms with E-state index in [0.29, 0.717) is 13.2 Å². The highest BCUT2D eigenvalue weighted by Crippen LogP contribution is 2.26. The van der Waals surface area contributed by atoms with E-state index >= 15 is 0 Å². The molecular weight excluding hydrogens is 226 g/mol. The number of aliphatic hydroxyl groups excluding tert-OH is 1. The lowest BCUT2D eigenvalue weighted by atomic mass is 9.85. The number of rotatable bonds is 7. The maximum Gasteiger partial charge on any atom is 0.119 e. The third kappa shape index (κ3) is 3.72. The van der Waals surface area contributed by atoms with Gasteiger partial charge in [0.1, 0.15) is 5.75 Å². The molecule has 0 heterocycles.